The summed E-state index contributed by atoms with van der Waals surface area (Å²) in [5, 5.41) is 6.80. The maximum Gasteiger partial charge on any atom is 0.241 e. The predicted molar refractivity (Wildman–Crippen MR) is 63.0 cm³/mol. The van der Waals surface area contributed by atoms with Crippen LogP contribution in [0.2, 0.25) is 0 Å². The second-order valence-electron chi connectivity index (χ2n) is 3.78. The molecule has 1 atom stereocenters. The summed E-state index contributed by atoms with van der Waals surface area (Å²) in [4.78, 5) is 22.3. The molecule has 0 aromatic carbocycles. The van der Waals surface area contributed by atoms with E-state index in [1.165, 1.54) is 0 Å². The fourth-order valence-electron chi connectivity index (χ4n) is 1.43. The van der Waals surface area contributed by atoms with Gasteiger partial charge in [0.15, 0.2) is 0 Å². The molecule has 2 amide bonds. The van der Waals surface area contributed by atoms with Gasteiger partial charge >= 0.3 is 0 Å². The Kier molecular flexibility index (Phi) is 4.22. The smallest absolute Gasteiger partial charge is 0.241 e. The van der Waals surface area contributed by atoms with Gasteiger partial charge < -0.3 is 16.8 Å². The molecule has 0 bridgehead atoms. The van der Waals surface area contributed by atoms with E-state index in [2.05, 4.69) is 10.4 Å². The third kappa shape index (κ3) is 3.56. The zero-order valence-corrected chi connectivity index (χ0v) is 9.93. The number of hydrogen-bond donors (Lipinski definition) is 3. The fourth-order valence-corrected chi connectivity index (χ4v) is 1.43. The first-order valence-corrected chi connectivity index (χ1v) is 5.31. The molecule has 0 saturated carbocycles. The zero-order valence-electron chi connectivity index (χ0n) is 9.93. The molecular weight excluding hydrogens is 222 g/mol. The van der Waals surface area contributed by atoms with Gasteiger partial charge in [-0.2, -0.15) is 5.10 Å². The number of hydrogen-bond acceptors (Lipinski definition) is 4. The standard InChI is InChI=1S/C10H17N5O2/c1-3-7-8(5-15(2)14-7)13-10(17)6(11)4-9(12)16/h5-6H,3-4,11H2,1-2H3,(H2,12,16)(H,13,17). The van der Waals surface area contributed by atoms with Crippen LogP contribution < -0.4 is 16.8 Å². The van der Waals surface area contributed by atoms with E-state index in [-0.39, 0.29) is 6.42 Å². The van der Waals surface area contributed by atoms with Crippen LogP contribution in [0.5, 0.6) is 0 Å². The molecule has 0 spiro atoms. The van der Waals surface area contributed by atoms with E-state index >= 15 is 0 Å². The summed E-state index contributed by atoms with van der Waals surface area (Å²) in [6.07, 6.45) is 2.21. The van der Waals surface area contributed by atoms with Gasteiger partial charge in [0, 0.05) is 13.2 Å². The van der Waals surface area contributed by atoms with E-state index in [1.54, 1.807) is 17.9 Å². The van der Waals surface area contributed by atoms with Crippen LogP contribution >= 0.6 is 0 Å². The number of carbonyl (C=O) groups is 2. The SMILES string of the molecule is CCc1nn(C)cc1NC(=O)C(N)CC(N)=O. The largest absolute Gasteiger partial charge is 0.370 e. The number of nitrogens with one attached hydrogen (secondary N) is 1. The summed E-state index contributed by atoms with van der Waals surface area (Å²) < 4.78 is 1.61. The maximum absolute atomic E-state index is 11.6. The summed E-state index contributed by atoms with van der Waals surface area (Å²) in [6.45, 7) is 1.93. The van der Waals surface area contributed by atoms with E-state index in [0.29, 0.717) is 12.1 Å². The van der Waals surface area contributed by atoms with Gasteiger partial charge in [-0.15, -0.1) is 0 Å². The summed E-state index contributed by atoms with van der Waals surface area (Å²) in [7, 11) is 1.76. The third-order valence-electron chi connectivity index (χ3n) is 2.26. The number of primary amides is 1. The van der Waals surface area contributed by atoms with Crippen molar-refractivity contribution in [3.8, 4) is 0 Å². The van der Waals surface area contributed by atoms with Crippen molar-refractivity contribution in [3.63, 3.8) is 0 Å². The van der Waals surface area contributed by atoms with E-state index in [1.807, 2.05) is 6.92 Å². The highest BCUT2D eigenvalue weighted by Gasteiger charge is 2.18. The highest BCUT2D eigenvalue weighted by molar-refractivity contribution is 5.97. The minimum atomic E-state index is -0.933. The minimum absolute atomic E-state index is 0.173. The normalized spacial score (nSPS) is 12.2. The first-order valence-electron chi connectivity index (χ1n) is 5.31. The van der Waals surface area contributed by atoms with Crippen molar-refractivity contribution >= 4 is 17.5 Å². The van der Waals surface area contributed by atoms with Gasteiger partial charge in [0.05, 0.1) is 23.8 Å². The van der Waals surface area contributed by atoms with Gasteiger partial charge in [-0.25, -0.2) is 0 Å². The molecule has 1 unspecified atom stereocenters. The molecule has 0 fully saturated rings. The molecule has 1 aromatic heterocycles. The highest BCUT2D eigenvalue weighted by atomic mass is 16.2. The lowest BCUT2D eigenvalue weighted by atomic mass is 10.2. The summed E-state index contributed by atoms with van der Waals surface area (Å²) in [5.41, 5.74) is 11.9. The second kappa shape index (κ2) is 5.44. The Bertz CT molecular complexity index is 426. The Morgan fingerprint density at radius 3 is 2.76 bits per heavy atom. The average molecular weight is 239 g/mol. The van der Waals surface area contributed by atoms with Gasteiger partial charge in [-0.05, 0) is 6.42 Å². The fraction of sp³-hybridized carbons (Fsp3) is 0.500. The molecule has 1 heterocycles. The highest BCUT2D eigenvalue weighted by Crippen LogP contribution is 2.13. The number of anilines is 1. The minimum Gasteiger partial charge on any atom is -0.370 e. The summed E-state index contributed by atoms with van der Waals surface area (Å²) in [6, 6.07) is -0.933. The molecule has 7 nitrogen and oxygen atoms in total. The molecule has 0 aliphatic rings. The van der Waals surface area contributed by atoms with E-state index in [0.717, 1.165) is 5.69 Å². The molecule has 0 radical (unpaired) electrons. The molecule has 1 rings (SSSR count). The van der Waals surface area contributed by atoms with Crippen molar-refractivity contribution in [3.05, 3.63) is 11.9 Å². The topological polar surface area (TPSA) is 116 Å². The zero-order chi connectivity index (χ0) is 13.0. The molecule has 1 aromatic rings. The van der Waals surface area contributed by atoms with Gasteiger partial charge in [-0.1, -0.05) is 6.92 Å². The van der Waals surface area contributed by atoms with Crippen molar-refractivity contribution in [2.24, 2.45) is 18.5 Å². The third-order valence-corrected chi connectivity index (χ3v) is 2.26. The molecule has 0 saturated heterocycles. The van der Waals surface area contributed by atoms with Crippen LogP contribution in [0.15, 0.2) is 6.20 Å². The molecule has 5 N–H and O–H groups in total. The van der Waals surface area contributed by atoms with E-state index in [9.17, 15) is 9.59 Å². The van der Waals surface area contributed by atoms with Gasteiger partial charge in [0.2, 0.25) is 11.8 Å². The number of nitrogens with zero attached hydrogens (tertiary/aromatic N) is 2. The Hall–Kier alpha value is -1.89. The van der Waals surface area contributed by atoms with Crippen LogP contribution in [0, 0.1) is 0 Å². The lowest BCUT2D eigenvalue weighted by Crippen LogP contribution is -2.39. The molecule has 0 aliphatic heterocycles. The number of amides is 2. The molecule has 7 heteroatoms. The van der Waals surface area contributed by atoms with Crippen molar-refractivity contribution in [1.82, 2.24) is 9.78 Å². The van der Waals surface area contributed by atoms with Crippen LogP contribution in [0.3, 0.4) is 0 Å². The summed E-state index contributed by atoms with van der Waals surface area (Å²) in [5.74, 6) is -1.04. The predicted octanol–water partition coefficient (Wildman–Crippen LogP) is -0.876. The van der Waals surface area contributed by atoms with Crippen LogP contribution in [-0.2, 0) is 23.1 Å². The number of nitrogens with two attached hydrogens (primary N) is 2. The Labute approximate surface area is 99.1 Å². The Morgan fingerprint density at radius 1 is 1.59 bits per heavy atom. The number of aromatic nitrogens is 2. The summed E-state index contributed by atoms with van der Waals surface area (Å²) >= 11 is 0. The van der Waals surface area contributed by atoms with Crippen LogP contribution in [0.1, 0.15) is 19.0 Å². The van der Waals surface area contributed by atoms with Crippen LogP contribution in [0.25, 0.3) is 0 Å². The Morgan fingerprint density at radius 2 is 2.24 bits per heavy atom. The van der Waals surface area contributed by atoms with Gasteiger partial charge in [-0.3, -0.25) is 14.3 Å². The van der Waals surface area contributed by atoms with Crippen molar-refractivity contribution < 1.29 is 9.59 Å². The van der Waals surface area contributed by atoms with E-state index < -0.39 is 17.9 Å². The average Bonchev–Trinajstić information content (AvgIpc) is 2.57. The van der Waals surface area contributed by atoms with Crippen molar-refractivity contribution in [2.45, 2.75) is 25.8 Å². The maximum atomic E-state index is 11.6. The first-order chi connectivity index (χ1) is 7.93. The molecule has 17 heavy (non-hydrogen) atoms. The number of rotatable bonds is 5. The Balaban J connectivity index is 2.70. The van der Waals surface area contributed by atoms with Gasteiger partial charge in [0.1, 0.15) is 0 Å². The monoisotopic (exact) mass is 239 g/mol. The second-order valence-corrected chi connectivity index (χ2v) is 3.78. The quantitative estimate of drug-likeness (QED) is 0.618. The van der Waals surface area contributed by atoms with Crippen molar-refractivity contribution in [2.75, 3.05) is 5.32 Å². The van der Waals surface area contributed by atoms with Crippen LogP contribution in [0.4, 0.5) is 5.69 Å². The van der Waals surface area contributed by atoms with Gasteiger partial charge in [0.25, 0.3) is 0 Å². The number of carbonyl (C=O) groups excluding carboxylic acids is 2. The van der Waals surface area contributed by atoms with Crippen LogP contribution in [-0.4, -0.2) is 27.6 Å². The molecule has 94 valence electrons. The molecular formula is C10H17N5O2. The molecule has 0 aliphatic carbocycles. The van der Waals surface area contributed by atoms with Crippen molar-refractivity contribution in [1.29, 1.82) is 0 Å². The van der Waals surface area contributed by atoms with E-state index in [4.69, 9.17) is 11.5 Å². The lowest BCUT2D eigenvalue weighted by molar-refractivity contribution is -0.123. The lowest BCUT2D eigenvalue weighted by Gasteiger charge is -2.09. The first kappa shape index (κ1) is 13.2. The number of aryl methyl sites for hydroxylation is 2.